The Hall–Kier alpha value is -2.14. The predicted octanol–water partition coefficient (Wildman–Crippen LogP) is 3.84. The van der Waals surface area contributed by atoms with Gasteiger partial charge >= 0.3 is 0 Å². The third-order valence-electron chi connectivity index (χ3n) is 2.98. The van der Waals surface area contributed by atoms with Gasteiger partial charge < -0.3 is 9.72 Å². The van der Waals surface area contributed by atoms with Gasteiger partial charge in [0.15, 0.2) is 4.77 Å². The molecule has 3 rings (SSSR count). The molecule has 0 aliphatic rings. The first-order valence-corrected chi connectivity index (χ1v) is 6.15. The second kappa shape index (κ2) is 4.51. The predicted molar refractivity (Wildman–Crippen MR) is 75.0 cm³/mol. The summed E-state index contributed by atoms with van der Waals surface area (Å²) in [5.41, 5.74) is 2.54. The van der Waals surface area contributed by atoms with Crippen LogP contribution >= 0.6 is 12.2 Å². The molecule has 1 N–H and O–H groups in total. The Kier molecular flexibility index (Phi) is 2.83. The van der Waals surface area contributed by atoms with E-state index in [1.54, 1.807) is 19.2 Å². The number of hydrogen-bond acceptors (Lipinski definition) is 2. The fourth-order valence-electron chi connectivity index (χ4n) is 2.12. The number of hydrogen-bond donors (Lipinski definition) is 1. The lowest BCUT2D eigenvalue weighted by Gasteiger charge is -2.05. The molecule has 96 valence electrons. The zero-order valence-electron chi connectivity index (χ0n) is 10.2. The standard InChI is InChI=1S/C14H11FN2OS/c1-18-12-4-2-3-11-13(12)16-14(19)17(11)10-7-5-9(15)6-8-10/h2-8H,1H3,(H,16,19). The van der Waals surface area contributed by atoms with Gasteiger partial charge in [0.1, 0.15) is 17.1 Å². The van der Waals surface area contributed by atoms with Gasteiger partial charge in [-0.05, 0) is 48.6 Å². The minimum atomic E-state index is -0.271. The summed E-state index contributed by atoms with van der Waals surface area (Å²) in [5, 5.41) is 0. The van der Waals surface area contributed by atoms with E-state index in [9.17, 15) is 4.39 Å². The zero-order chi connectivity index (χ0) is 13.4. The molecule has 0 atom stereocenters. The van der Waals surface area contributed by atoms with Crippen LogP contribution in [0.25, 0.3) is 16.7 Å². The van der Waals surface area contributed by atoms with E-state index in [2.05, 4.69) is 4.98 Å². The van der Waals surface area contributed by atoms with Crippen LogP contribution in [0.1, 0.15) is 0 Å². The molecule has 0 amide bonds. The molecule has 3 nitrogen and oxygen atoms in total. The van der Waals surface area contributed by atoms with Crippen molar-refractivity contribution in [1.29, 1.82) is 0 Å². The van der Waals surface area contributed by atoms with E-state index in [0.29, 0.717) is 4.77 Å². The summed E-state index contributed by atoms with van der Waals surface area (Å²) in [5.74, 6) is 0.456. The van der Waals surface area contributed by atoms with E-state index < -0.39 is 0 Å². The fraction of sp³-hybridized carbons (Fsp3) is 0.0714. The molecule has 0 aliphatic carbocycles. The minimum Gasteiger partial charge on any atom is -0.494 e. The SMILES string of the molecule is COc1cccc2c1[nH]c(=S)n2-c1ccc(F)cc1. The van der Waals surface area contributed by atoms with Crippen molar-refractivity contribution < 1.29 is 9.13 Å². The van der Waals surface area contributed by atoms with Crippen LogP contribution in [0.15, 0.2) is 42.5 Å². The number of benzene rings is 2. The average Bonchev–Trinajstić information content (AvgIpc) is 2.76. The van der Waals surface area contributed by atoms with Crippen LogP contribution < -0.4 is 4.74 Å². The largest absolute Gasteiger partial charge is 0.494 e. The number of fused-ring (bicyclic) bond motifs is 1. The Labute approximate surface area is 114 Å². The van der Waals surface area contributed by atoms with Gasteiger partial charge in [-0.25, -0.2) is 4.39 Å². The summed E-state index contributed by atoms with van der Waals surface area (Å²) < 4.78 is 20.7. The van der Waals surface area contributed by atoms with Gasteiger partial charge in [0.2, 0.25) is 0 Å². The molecule has 3 aromatic rings. The second-order valence-electron chi connectivity index (χ2n) is 4.10. The van der Waals surface area contributed by atoms with Gasteiger partial charge in [0.25, 0.3) is 0 Å². The number of nitrogens with zero attached hydrogens (tertiary/aromatic N) is 1. The lowest BCUT2D eigenvalue weighted by atomic mass is 10.2. The van der Waals surface area contributed by atoms with Crippen LogP contribution in [0.5, 0.6) is 5.75 Å². The summed E-state index contributed by atoms with van der Waals surface area (Å²) in [6, 6.07) is 11.9. The van der Waals surface area contributed by atoms with E-state index in [4.69, 9.17) is 17.0 Å². The summed E-state index contributed by atoms with van der Waals surface area (Å²) in [6.07, 6.45) is 0. The van der Waals surface area contributed by atoms with Gasteiger partial charge in [-0.3, -0.25) is 4.57 Å². The molecule has 0 fully saturated rings. The third kappa shape index (κ3) is 1.92. The van der Waals surface area contributed by atoms with Crippen LogP contribution in [-0.4, -0.2) is 16.7 Å². The Morgan fingerprint density at radius 1 is 1.16 bits per heavy atom. The molecule has 2 aromatic carbocycles. The maximum Gasteiger partial charge on any atom is 0.182 e. The Bertz CT molecular complexity index is 789. The Morgan fingerprint density at radius 3 is 2.58 bits per heavy atom. The highest BCUT2D eigenvalue weighted by Gasteiger charge is 2.10. The van der Waals surface area contributed by atoms with Crippen molar-refractivity contribution >= 4 is 23.3 Å². The van der Waals surface area contributed by atoms with Gasteiger partial charge in [0, 0.05) is 5.69 Å². The smallest absolute Gasteiger partial charge is 0.182 e. The first-order valence-electron chi connectivity index (χ1n) is 5.74. The topological polar surface area (TPSA) is 29.9 Å². The van der Waals surface area contributed by atoms with Crippen molar-refractivity contribution in [3.05, 3.63) is 53.1 Å². The maximum absolute atomic E-state index is 13.0. The number of aromatic amines is 1. The highest BCUT2D eigenvalue weighted by molar-refractivity contribution is 7.71. The maximum atomic E-state index is 13.0. The minimum absolute atomic E-state index is 0.271. The molecule has 1 aromatic heterocycles. The quantitative estimate of drug-likeness (QED) is 0.720. The first-order chi connectivity index (χ1) is 9.20. The second-order valence-corrected chi connectivity index (χ2v) is 4.48. The third-order valence-corrected chi connectivity index (χ3v) is 3.27. The van der Waals surface area contributed by atoms with Crippen molar-refractivity contribution in [3.8, 4) is 11.4 Å². The molecule has 0 bridgehead atoms. The fourth-order valence-corrected chi connectivity index (χ4v) is 2.43. The highest BCUT2D eigenvalue weighted by atomic mass is 32.1. The monoisotopic (exact) mass is 274 g/mol. The Morgan fingerprint density at radius 2 is 1.89 bits per heavy atom. The lowest BCUT2D eigenvalue weighted by Crippen LogP contribution is -1.94. The number of para-hydroxylation sites is 1. The van der Waals surface area contributed by atoms with Crippen LogP contribution in [0.2, 0.25) is 0 Å². The summed E-state index contributed by atoms with van der Waals surface area (Å²) in [6.45, 7) is 0. The highest BCUT2D eigenvalue weighted by Crippen LogP contribution is 2.26. The molecular weight excluding hydrogens is 263 g/mol. The van der Waals surface area contributed by atoms with Crippen LogP contribution in [0, 0.1) is 10.6 Å². The van der Waals surface area contributed by atoms with Crippen molar-refractivity contribution in [2.75, 3.05) is 7.11 Å². The number of ether oxygens (including phenoxy) is 1. The molecule has 0 radical (unpaired) electrons. The van der Waals surface area contributed by atoms with Crippen LogP contribution in [0.4, 0.5) is 4.39 Å². The van der Waals surface area contributed by atoms with Gasteiger partial charge in [0.05, 0.1) is 12.6 Å². The van der Waals surface area contributed by atoms with Crippen LogP contribution in [-0.2, 0) is 0 Å². The van der Waals surface area contributed by atoms with E-state index >= 15 is 0 Å². The molecule has 0 aliphatic heterocycles. The molecular formula is C14H11FN2OS. The van der Waals surface area contributed by atoms with Gasteiger partial charge in [-0.1, -0.05) is 6.07 Å². The van der Waals surface area contributed by atoms with Gasteiger partial charge in [-0.15, -0.1) is 0 Å². The van der Waals surface area contributed by atoms with Gasteiger partial charge in [-0.2, -0.15) is 0 Å². The molecule has 0 saturated heterocycles. The molecule has 5 heteroatoms. The number of imidazole rings is 1. The summed E-state index contributed by atoms with van der Waals surface area (Å²) in [7, 11) is 1.61. The molecule has 1 heterocycles. The number of rotatable bonds is 2. The van der Waals surface area contributed by atoms with Crippen molar-refractivity contribution in [2.45, 2.75) is 0 Å². The van der Waals surface area contributed by atoms with Crippen molar-refractivity contribution in [2.24, 2.45) is 0 Å². The average molecular weight is 274 g/mol. The van der Waals surface area contributed by atoms with E-state index in [-0.39, 0.29) is 5.82 Å². The number of H-pyrrole nitrogens is 1. The number of halogens is 1. The van der Waals surface area contributed by atoms with Crippen LogP contribution in [0.3, 0.4) is 0 Å². The summed E-state index contributed by atoms with van der Waals surface area (Å²) >= 11 is 5.33. The van der Waals surface area contributed by atoms with Crippen molar-refractivity contribution in [3.63, 3.8) is 0 Å². The molecule has 19 heavy (non-hydrogen) atoms. The normalized spacial score (nSPS) is 10.8. The molecule has 0 unspecified atom stereocenters. The molecule has 0 spiro atoms. The van der Waals surface area contributed by atoms with E-state index in [1.807, 2.05) is 22.8 Å². The Balaban J connectivity index is 2.32. The molecule has 0 saturated carbocycles. The first kappa shape index (κ1) is 11.9. The number of aromatic nitrogens is 2. The summed E-state index contributed by atoms with van der Waals surface area (Å²) in [4.78, 5) is 3.12. The lowest BCUT2D eigenvalue weighted by molar-refractivity contribution is 0.419. The number of nitrogens with one attached hydrogen (secondary N) is 1. The number of methoxy groups -OCH3 is 1. The zero-order valence-corrected chi connectivity index (χ0v) is 11.0. The van der Waals surface area contributed by atoms with Crippen molar-refractivity contribution in [1.82, 2.24) is 9.55 Å². The van der Waals surface area contributed by atoms with E-state index in [0.717, 1.165) is 22.5 Å². The van der Waals surface area contributed by atoms with E-state index in [1.165, 1.54) is 12.1 Å².